The topological polar surface area (TPSA) is 30.2 Å². The molecule has 0 N–H and O–H groups in total. The van der Waals surface area contributed by atoms with Gasteiger partial charge in [-0.15, -0.1) is 0 Å². The third-order valence-electron chi connectivity index (χ3n) is 2.07. The fraction of sp³-hybridized carbons (Fsp3) is 0.0833. The highest BCUT2D eigenvalue weighted by molar-refractivity contribution is 5.74. The van der Waals surface area contributed by atoms with Gasteiger partial charge < -0.3 is 4.42 Å². The first-order chi connectivity index (χ1) is 6.88. The maximum Gasteiger partial charge on any atom is 0.150 e. The van der Waals surface area contributed by atoms with Crippen molar-refractivity contribution in [1.29, 1.82) is 0 Å². The van der Waals surface area contributed by atoms with Crippen molar-refractivity contribution >= 4 is 6.29 Å². The molecule has 0 aliphatic heterocycles. The summed E-state index contributed by atoms with van der Waals surface area (Å²) in [6, 6.07) is 11.3. The Bertz CT molecular complexity index is 398. The molecule has 0 saturated heterocycles. The second-order valence-electron chi connectivity index (χ2n) is 3.12. The van der Waals surface area contributed by atoms with Crippen LogP contribution in [-0.4, -0.2) is 6.29 Å². The molecule has 2 heteroatoms. The molecule has 0 atom stereocenters. The lowest BCUT2D eigenvalue weighted by Gasteiger charge is -1.97. The Morgan fingerprint density at radius 3 is 2.50 bits per heavy atom. The molecular formula is C12H10O2. The first-order valence-electron chi connectivity index (χ1n) is 4.45. The summed E-state index contributed by atoms with van der Waals surface area (Å²) in [5.74, 6) is 0.934. The number of hydrogen-bond donors (Lipinski definition) is 0. The van der Waals surface area contributed by atoms with Gasteiger partial charge in [0.25, 0.3) is 0 Å². The second-order valence-corrected chi connectivity index (χ2v) is 3.12. The zero-order valence-electron chi connectivity index (χ0n) is 7.64. The second kappa shape index (κ2) is 3.92. The summed E-state index contributed by atoms with van der Waals surface area (Å²) >= 11 is 0. The van der Waals surface area contributed by atoms with Gasteiger partial charge in [-0.3, -0.25) is 4.79 Å². The molecule has 2 rings (SSSR count). The van der Waals surface area contributed by atoms with E-state index in [1.807, 2.05) is 36.4 Å². The lowest BCUT2D eigenvalue weighted by molar-refractivity contribution is 0.112. The summed E-state index contributed by atoms with van der Waals surface area (Å²) in [6.45, 7) is 0. The van der Waals surface area contributed by atoms with Crippen LogP contribution in [0.15, 0.2) is 47.1 Å². The lowest BCUT2D eigenvalue weighted by Crippen LogP contribution is -1.86. The summed E-state index contributed by atoms with van der Waals surface area (Å²) in [6.07, 6.45) is 3.28. The van der Waals surface area contributed by atoms with Crippen LogP contribution in [0.25, 0.3) is 0 Å². The number of carbonyl (C=O) groups is 1. The molecule has 0 amide bonds. The molecule has 0 bridgehead atoms. The molecule has 1 heterocycles. The molecule has 2 nitrogen and oxygen atoms in total. The van der Waals surface area contributed by atoms with Crippen LogP contribution in [-0.2, 0) is 6.42 Å². The van der Waals surface area contributed by atoms with Crippen molar-refractivity contribution < 1.29 is 9.21 Å². The van der Waals surface area contributed by atoms with Gasteiger partial charge in [0, 0.05) is 12.0 Å². The first kappa shape index (κ1) is 8.75. The van der Waals surface area contributed by atoms with E-state index in [9.17, 15) is 4.79 Å². The number of furan rings is 1. The van der Waals surface area contributed by atoms with Crippen molar-refractivity contribution in [2.45, 2.75) is 6.42 Å². The van der Waals surface area contributed by atoms with Crippen molar-refractivity contribution in [3.05, 3.63) is 59.5 Å². The molecule has 0 fully saturated rings. The third kappa shape index (κ3) is 1.91. The van der Waals surface area contributed by atoms with Crippen LogP contribution in [0.5, 0.6) is 0 Å². The van der Waals surface area contributed by atoms with Crippen molar-refractivity contribution in [2.24, 2.45) is 0 Å². The van der Waals surface area contributed by atoms with Crippen molar-refractivity contribution in [3.63, 3.8) is 0 Å². The molecule has 2 aromatic rings. The molecule has 0 aliphatic carbocycles. The van der Waals surface area contributed by atoms with Gasteiger partial charge in [0.05, 0.1) is 6.26 Å². The Morgan fingerprint density at radius 1 is 1.14 bits per heavy atom. The molecule has 1 aromatic heterocycles. The van der Waals surface area contributed by atoms with Gasteiger partial charge in [-0.05, 0) is 17.7 Å². The van der Waals surface area contributed by atoms with Gasteiger partial charge in [-0.1, -0.05) is 24.3 Å². The largest absolute Gasteiger partial charge is 0.469 e. The standard InChI is InChI=1S/C12H10O2/c13-9-11-5-3-10(4-6-11)8-12-2-1-7-14-12/h1-7,9H,8H2. The first-order valence-corrected chi connectivity index (χ1v) is 4.45. The average molecular weight is 186 g/mol. The summed E-state index contributed by atoms with van der Waals surface area (Å²) in [5.41, 5.74) is 1.85. The maximum atomic E-state index is 10.4. The van der Waals surface area contributed by atoms with E-state index in [4.69, 9.17) is 4.42 Å². The smallest absolute Gasteiger partial charge is 0.150 e. The minimum atomic E-state index is 0.702. The van der Waals surface area contributed by atoms with Gasteiger partial charge in [0.2, 0.25) is 0 Å². The normalized spacial score (nSPS) is 10.0. The van der Waals surface area contributed by atoms with Gasteiger partial charge in [0.1, 0.15) is 12.0 Å². The fourth-order valence-corrected chi connectivity index (χ4v) is 1.33. The van der Waals surface area contributed by atoms with Crippen LogP contribution in [0.3, 0.4) is 0 Å². The molecular weight excluding hydrogens is 176 g/mol. The van der Waals surface area contributed by atoms with Crippen LogP contribution in [0.1, 0.15) is 21.7 Å². The summed E-state index contributed by atoms with van der Waals surface area (Å²) < 4.78 is 5.22. The molecule has 70 valence electrons. The number of carbonyl (C=O) groups excluding carboxylic acids is 1. The minimum absolute atomic E-state index is 0.702. The van der Waals surface area contributed by atoms with Gasteiger partial charge in [-0.25, -0.2) is 0 Å². The zero-order valence-corrected chi connectivity index (χ0v) is 7.64. The van der Waals surface area contributed by atoms with E-state index < -0.39 is 0 Å². The number of hydrogen-bond acceptors (Lipinski definition) is 2. The SMILES string of the molecule is O=Cc1ccc(Cc2ccco2)cc1. The summed E-state index contributed by atoms with van der Waals surface area (Å²) in [7, 11) is 0. The average Bonchev–Trinajstić information content (AvgIpc) is 2.72. The molecule has 0 radical (unpaired) electrons. The monoisotopic (exact) mass is 186 g/mol. The molecule has 0 saturated carbocycles. The zero-order chi connectivity index (χ0) is 9.80. The van der Waals surface area contributed by atoms with E-state index >= 15 is 0 Å². The van der Waals surface area contributed by atoms with E-state index in [2.05, 4.69) is 0 Å². The van der Waals surface area contributed by atoms with Crippen molar-refractivity contribution in [2.75, 3.05) is 0 Å². The Hall–Kier alpha value is -1.83. The van der Waals surface area contributed by atoms with Gasteiger partial charge in [-0.2, -0.15) is 0 Å². The Kier molecular flexibility index (Phi) is 2.45. The van der Waals surface area contributed by atoms with E-state index in [1.54, 1.807) is 6.26 Å². The number of rotatable bonds is 3. The summed E-state index contributed by atoms with van der Waals surface area (Å²) in [4.78, 5) is 10.4. The van der Waals surface area contributed by atoms with Crippen molar-refractivity contribution in [1.82, 2.24) is 0 Å². The van der Waals surface area contributed by atoms with E-state index in [0.717, 1.165) is 24.0 Å². The lowest BCUT2D eigenvalue weighted by atomic mass is 10.1. The quantitative estimate of drug-likeness (QED) is 0.690. The highest BCUT2D eigenvalue weighted by Gasteiger charge is 1.98. The predicted molar refractivity (Wildman–Crippen MR) is 53.3 cm³/mol. The number of aldehydes is 1. The Labute approximate surface area is 82.2 Å². The fourth-order valence-electron chi connectivity index (χ4n) is 1.33. The number of benzene rings is 1. The van der Waals surface area contributed by atoms with E-state index in [-0.39, 0.29) is 0 Å². The third-order valence-corrected chi connectivity index (χ3v) is 2.07. The molecule has 14 heavy (non-hydrogen) atoms. The predicted octanol–water partition coefficient (Wildman–Crippen LogP) is 2.68. The maximum absolute atomic E-state index is 10.4. The van der Waals surface area contributed by atoms with Crippen LogP contribution in [0.4, 0.5) is 0 Å². The van der Waals surface area contributed by atoms with E-state index in [0.29, 0.717) is 5.56 Å². The van der Waals surface area contributed by atoms with Crippen molar-refractivity contribution in [3.8, 4) is 0 Å². The highest BCUT2D eigenvalue weighted by Crippen LogP contribution is 2.10. The van der Waals surface area contributed by atoms with Crippen LogP contribution >= 0.6 is 0 Å². The Morgan fingerprint density at radius 2 is 1.93 bits per heavy atom. The molecule has 0 spiro atoms. The summed E-state index contributed by atoms with van der Waals surface area (Å²) in [5, 5.41) is 0. The van der Waals surface area contributed by atoms with Crippen LogP contribution in [0, 0.1) is 0 Å². The van der Waals surface area contributed by atoms with Crippen LogP contribution in [0.2, 0.25) is 0 Å². The minimum Gasteiger partial charge on any atom is -0.469 e. The Balaban J connectivity index is 2.14. The molecule has 0 unspecified atom stereocenters. The molecule has 1 aromatic carbocycles. The van der Waals surface area contributed by atoms with Gasteiger partial charge >= 0.3 is 0 Å². The van der Waals surface area contributed by atoms with Gasteiger partial charge in [0.15, 0.2) is 0 Å². The van der Waals surface area contributed by atoms with E-state index in [1.165, 1.54) is 0 Å². The van der Waals surface area contributed by atoms with Crippen LogP contribution < -0.4 is 0 Å². The highest BCUT2D eigenvalue weighted by atomic mass is 16.3. The molecule has 0 aliphatic rings.